The second-order valence-corrected chi connectivity index (χ2v) is 6.90. The van der Waals surface area contributed by atoms with Crippen LogP contribution in [0, 0.1) is 0 Å². The van der Waals surface area contributed by atoms with Crippen molar-refractivity contribution in [3.05, 3.63) is 42.1 Å². The summed E-state index contributed by atoms with van der Waals surface area (Å²) in [4.78, 5) is 16.7. The van der Waals surface area contributed by atoms with Gasteiger partial charge in [-0.15, -0.1) is 5.10 Å². The minimum absolute atomic E-state index is 0.226. The van der Waals surface area contributed by atoms with Crippen molar-refractivity contribution in [3.63, 3.8) is 0 Å². The first-order valence-electron chi connectivity index (χ1n) is 8.93. The quantitative estimate of drug-likeness (QED) is 0.872. The van der Waals surface area contributed by atoms with Crippen LogP contribution in [0.4, 0.5) is 23.8 Å². The Morgan fingerprint density at radius 2 is 2.04 bits per heavy atom. The lowest BCUT2D eigenvalue weighted by molar-refractivity contribution is -0.137. The van der Waals surface area contributed by atoms with Crippen LogP contribution < -0.4 is 5.32 Å². The molecular formula is C18H20F3N5O. The van der Waals surface area contributed by atoms with Crippen LogP contribution in [-0.2, 0) is 6.18 Å². The summed E-state index contributed by atoms with van der Waals surface area (Å²) in [5.41, 5.74) is -0.458. The normalized spacial score (nSPS) is 20.6. The molecule has 4 rings (SSSR count). The number of halogens is 3. The van der Waals surface area contributed by atoms with Crippen LogP contribution >= 0.6 is 0 Å². The summed E-state index contributed by atoms with van der Waals surface area (Å²) in [5.74, 6) is 0.311. The molecule has 6 nitrogen and oxygen atoms in total. The third-order valence-electron chi connectivity index (χ3n) is 5.14. The van der Waals surface area contributed by atoms with Crippen molar-refractivity contribution in [3.8, 4) is 5.69 Å². The van der Waals surface area contributed by atoms with E-state index < -0.39 is 11.7 Å². The largest absolute Gasteiger partial charge is 0.416 e. The average Bonchev–Trinajstić information content (AvgIpc) is 3.29. The minimum Gasteiger partial charge on any atom is -0.322 e. The second-order valence-electron chi connectivity index (χ2n) is 6.90. The smallest absolute Gasteiger partial charge is 0.322 e. The van der Waals surface area contributed by atoms with Gasteiger partial charge in [0.05, 0.1) is 11.3 Å². The highest BCUT2D eigenvalue weighted by Gasteiger charge is 2.33. The van der Waals surface area contributed by atoms with E-state index in [0.29, 0.717) is 24.9 Å². The maximum absolute atomic E-state index is 12.9. The van der Waals surface area contributed by atoms with Gasteiger partial charge in [-0.1, -0.05) is 6.07 Å². The molecule has 27 heavy (non-hydrogen) atoms. The van der Waals surface area contributed by atoms with Gasteiger partial charge in [-0.2, -0.15) is 13.2 Å². The second kappa shape index (κ2) is 6.88. The number of anilines is 1. The number of carbonyl (C=O) groups excluding carboxylic acids is 1. The SMILES string of the molecule is O=C(Nc1ccn(-c2cccc(C(F)(F)F)c2)n1)N1CCN2CCCC2C1. The van der Waals surface area contributed by atoms with Gasteiger partial charge < -0.3 is 4.90 Å². The van der Waals surface area contributed by atoms with Crippen molar-refractivity contribution in [1.82, 2.24) is 19.6 Å². The van der Waals surface area contributed by atoms with Crippen LogP contribution in [0.2, 0.25) is 0 Å². The Labute approximate surface area is 154 Å². The Hall–Kier alpha value is -2.55. The fraction of sp³-hybridized carbons (Fsp3) is 0.444. The highest BCUT2D eigenvalue weighted by molar-refractivity contribution is 5.88. The van der Waals surface area contributed by atoms with Gasteiger partial charge in [-0.25, -0.2) is 9.48 Å². The lowest BCUT2D eigenvalue weighted by atomic mass is 10.2. The number of carbonyl (C=O) groups is 1. The van der Waals surface area contributed by atoms with Crippen LogP contribution in [-0.4, -0.2) is 57.8 Å². The van der Waals surface area contributed by atoms with E-state index in [9.17, 15) is 18.0 Å². The number of hydrogen-bond acceptors (Lipinski definition) is 3. The van der Waals surface area contributed by atoms with Gasteiger partial charge >= 0.3 is 12.2 Å². The van der Waals surface area contributed by atoms with Crippen LogP contribution in [0.1, 0.15) is 18.4 Å². The molecule has 2 aliphatic heterocycles. The predicted octanol–water partition coefficient (Wildman–Crippen LogP) is 3.20. The topological polar surface area (TPSA) is 53.4 Å². The van der Waals surface area contributed by atoms with E-state index in [1.54, 1.807) is 11.0 Å². The number of amides is 2. The third-order valence-corrected chi connectivity index (χ3v) is 5.14. The highest BCUT2D eigenvalue weighted by Crippen LogP contribution is 2.30. The summed E-state index contributed by atoms with van der Waals surface area (Å²) in [6.45, 7) is 3.33. The molecule has 1 aromatic carbocycles. The predicted molar refractivity (Wildman–Crippen MR) is 93.8 cm³/mol. The summed E-state index contributed by atoms with van der Waals surface area (Å²) in [6.07, 6.45) is -0.613. The van der Waals surface area contributed by atoms with Crippen molar-refractivity contribution in [2.75, 3.05) is 31.5 Å². The Morgan fingerprint density at radius 1 is 1.19 bits per heavy atom. The van der Waals surface area contributed by atoms with Crippen molar-refractivity contribution < 1.29 is 18.0 Å². The van der Waals surface area contributed by atoms with Gasteiger partial charge in [0, 0.05) is 37.9 Å². The molecular weight excluding hydrogens is 359 g/mol. The first kappa shape index (κ1) is 17.8. The van der Waals surface area contributed by atoms with Crippen molar-refractivity contribution in [2.24, 2.45) is 0 Å². The maximum Gasteiger partial charge on any atom is 0.416 e. The number of rotatable bonds is 2. The van der Waals surface area contributed by atoms with E-state index >= 15 is 0 Å². The number of benzene rings is 1. The van der Waals surface area contributed by atoms with Crippen molar-refractivity contribution in [2.45, 2.75) is 25.1 Å². The molecule has 1 unspecified atom stereocenters. The van der Waals surface area contributed by atoms with E-state index in [-0.39, 0.29) is 11.7 Å². The summed E-state index contributed by atoms with van der Waals surface area (Å²) >= 11 is 0. The van der Waals surface area contributed by atoms with E-state index in [4.69, 9.17) is 0 Å². The zero-order valence-electron chi connectivity index (χ0n) is 14.6. The van der Waals surface area contributed by atoms with Gasteiger partial charge in [0.25, 0.3) is 0 Å². The van der Waals surface area contributed by atoms with E-state index in [1.165, 1.54) is 29.4 Å². The summed E-state index contributed by atoms with van der Waals surface area (Å²) in [6, 6.07) is 6.68. The Balaban J connectivity index is 1.43. The molecule has 3 heterocycles. The minimum atomic E-state index is -4.41. The molecule has 2 aromatic rings. The van der Waals surface area contributed by atoms with E-state index in [1.807, 2.05) is 0 Å². The first-order chi connectivity index (χ1) is 12.9. The molecule has 0 radical (unpaired) electrons. The van der Waals surface area contributed by atoms with Crippen LogP contribution in [0.15, 0.2) is 36.5 Å². The van der Waals surface area contributed by atoms with Gasteiger partial charge in [-0.3, -0.25) is 10.2 Å². The number of urea groups is 1. The first-order valence-corrected chi connectivity index (χ1v) is 8.93. The fourth-order valence-electron chi connectivity index (χ4n) is 3.72. The Kier molecular flexibility index (Phi) is 4.55. The van der Waals surface area contributed by atoms with Crippen LogP contribution in [0.5, 0.6) is 0 Å². The molecule has 0 spiro atoms. The Bertz CT molecular complexity index is 834. The zero-order valence-corrected chi connectivity index (χ0v) is 14.6. The number of fused-ring (bicyclic) bond motifs is 1. The van der Waals surface area contributed by atoms with Crippen molar-refractivity contribution in [1.29, 1.82) is 0 Å². The number of nitrogens with one attached hydrogen (secondary N) is 1. The molecule has 1 N–H and O–H groups in total. The standard InChI is InChI=1S/C18H20F3N5O/c19-18(20,21)13-3-1-4-14(11-13)26-8-6-16(23-26)22-17(27)25-10-9-24-7-2-5-15(24)12-25/h1,3-4,6,8,11,15H,2,5,7,9-10,12H2,(H,22,23,27). The molecule has 1 aromatic heterocycles. The molecule has 144 valence electrons. The van der Waals surface area contributed by atoms with Gasteiger partial charge in [0.15, 0.2) is 5.82 Å². The molecule has 0 aliphatic carbocycles. The maximum atomic E-state index is 12.9. The number of nitrogens with zero attached hydrogens (tertiary/aromatic N) is 4. The molecule has 2 fully saturated rings. The molecule has 2 aliphatic rings. The molecule has 2 amide bonds. The Morgan fingerprint density at radius 3 is 2.85 bits per heavy atom. The third kappa shape index (κ3) is 3.78. The van der Waals surface area contributed by atoms with E-state index in [2.05, 4.69) is 15.3 Å². The average molecular weight is 379 g/mol. The van der Waals surface area contributed by atoms with Gasteiger partial charge in [0.1, 0.15) is 0 Å². The van der Waals surface area contributed by atoms with E-state index in [0.717, 1.165) is 31.6 Å². The molecule has 0 bridgehead atoms. The van der Waals surface area contributed by atoms with Crippen molar-refractivity contribution >= 4 is 11.8 Å². The van der Waals surface area contributed by atoms with Crippen LogP contribution in [0.3, 0.4) is 0 Å². The lowest BCUT2D eigenvalue weighted by Gasteiger charge is -2.37. The summed E-state index contributed by atoms with van der Waals surface area (Å²) in [5, 5.41) is 6.93. The monoisotopic (exact) mass is 379 g/mol. The van der Waals surface area contributed by atoms with Crippen LogP contribution in [0.25, 0.3) is 5.69 Å². The highest BCUT2D eigenvalue weighted by atomic mass is 19.4. The summed E-state index contributed by atoms with van der Waals surface area (Å²) in [7, 11) is 0. The number of piperazine rings is 1. The van der Waals surface area contributed by atoms with Gasteiger partial charge in [-0.05, 0) is 37.6 Å². The number of alkyl halides is 3. The fourth-order valence-corrected chi connectivity index (χ4v) is 3.72. The molecule has 0 saturated carbocycles. The van der Waals surface area contributed by atoms with Gasteiger partial charge in [0.2, 0.25) is 0 Å². The number of hydrogen-bond donors (Lipinski definition) is 1. The lowest BCUT2D eigenvalue weighted by Crippen LogP contribution is -2.53. The molecule has 1 atom stereocenters. The number of aromatic nitrogens is 2. The summed E-state index contributed by atoms with van der Waals surface area (Å²) < 4.78 is 39.9. The molecule has 2 saturated heterocycles. The zero-order chi connectivity index (χ0) is 19.0. The molecule has 9 heteroatoms.